The molecule has 3 aromatic heterocycles. The van der Waals surface area contributed by atoms with Crippen LogP contribution in [0, 0.1) is 0 Å². The fourth-order valence-corrected chi connectivity index (χ4v) is 5.20. The van der Waals surface area contributed by atoms with Crippen molar-refractivity contribution >= 4 is 54.1 Å². The first-order valence-electron chi connectivity index (χ1n) is 9.58. The van der Waals surface area contributed by atoms with Crippen molar-refractivity contribution in [1.29, 1.82) is 0 Å². The molecule has 1 N–H and O–H groups in total. The maximum atomic E-state index is 13.4. The van der Waals surface area contributed by atoms with Crippen LogP contribution in [0.25, 0.3) is 26.1 Å². The molecular formula is C22H16N4O4S2. The van der Waals surface area contributed by atoms with Crippen molar-refractivity contribution in [2.45, 2.75) is 6.54 Å². The summed E-state index contributed by atoms with van der Waals surface area (Å²) in [5.41, 5.74) is 0.448. The van der Waals surface area contributed by atoms with Crippen molar-refractivity contribution in [1.82, 2.24) is 14.1 Å². The molecule has 160 valence electrons. The smallest absolute Gasteiger partial charge is 0.336 e. The molecular weight excluding hydrogens is 448 g/mol. The van der Waals surface area contributed by atoms with E-state index in [1.54, 1.807) is 35.7 Å². The van der Waals surface area contributed by atoms with E-state index in [0.717, 1.165) is 14.8 Å². The van der Waals surface area contributed by atoms with Crippen molar-refractivity contribution in [2.24, 2.45) is 0 Å². The summed E-state index contributed by atoms with van der Waals surface area (Å²) in [5.74, 6) is -0.0306. The number of rotatable bonds is 5. The first-order chi connectivity index (χ1) is 15.6. The number of benzene rings is 2. The second-order valence-corrected chi connectivity index (χ2v) is 8.80. The number of ether oxygens (including phenoxy) is 1. The van der Waals surface area contributed by atoms with Crippen LogP contribution < -0.4 is 21.3 Å². The Labute approximate surface area is 189 Å². The number of amides is 1. The topological polar surface area (TPSA) is 95.2 Å². The molecule has 0 aliphatic carbocycles. The summed E-state index contributed by atoms with van der Waals surface area (Å²) in [4.78, 5) is 43.7. The number of carbonyl (C=O) groups is 1. The number of nitrogens with zero attached hydrogens (tertiary/aromatic N) is 3. The number of aromatic nitrogens is 3. The van der Waals surface area contributed by atoms with E-state index in [4.69, 9.17) is 4.74 Å². The van der Waals surface area contributed by atoms with Gasteiger partial charge in [-0.05, 0) is 35.7 Å². The predicted molar refractivity (Wildman–Crippen MR) is 126 cm³/mol. The molecule has 0 unspecified atom stereocenters. The number of fused-ring (bicyclic) bond motifs is 2. The number of anilines is 1. The zero-order valence-corrected chi connectivity index (χ0v) is 18.4. The molecule has 5 rings (SSSR count). The number of carbonyl (C=O) groups excluding carboxylic acids is 1. The Morgan fingerprint density at radius 3 is 2.69 bits per heavy atom. The van der Waals surface area contributed by atoms with Crippen molar-refractivity contribution in [3.05, 3.63) is 80.8 Å². The first kappa shape index (κ1) is 20.2. The molecule has 10 heteroatoms. The van der Waals surface area contributed by atoms with E-state index >= 15 is 0 Å². The van der Waals surface area contributed by atoms with Crippen LogP contribution in [0.3, 0.4) is 0 Å². The minimum Gasteiger partial charge on any atom is -0.495 e. The van der Waals surface area contributed by atoms with Crippen molar-refractivity contribution < 1.29 is 9.53 Å². The lowest BCUT2D eigenvalue weighted by Crippen LogP contribution is -2.40. The third-order valence-corrected chi connectivity index (χ3v) is 6.77. The second kappa shape index (κ2) is 8.06. The highest BCUT2D eigenvalue weighted by Crippen LogP contribution is 2.26. The van der Waals surface area contributed by atoms with Crippen LogP contribution in [-0.2, 0) is 11.3 Å². The van der Waals surface area contributed by atoms with Crippen molar-refractivity contribution in [2.75, 3.05) is 12.4 Å². The number of thiophene rings is 1. The van der Waals surface area contributed by atoms with Gasteiger partial charge in [0.1, 0.15) is 17.0 Å². The van der Waals surface area contributed by atoms with E-state index < -0.39 is 17.2 Å². The molecule has 8 nitrogen and oxygen atoms in total. The Morgan fingerprint density at radius 1 is 1.09 bits per heavy atom. The fraction of sp³-hybridized carbons (Fsp3) is 0.0909. The monoisotopic (exact) mass is 464 g/mol. The van der Waals surface area contributed by atoms with Gasteiger partial charge < -0.3 is 10.1 Å². The van der Waals surface area contributed by atoms with Crippen LogP contribution in [-0.4, -0.2) is 27.1 Å². The number of methoxy groups -OCH3 is 1. The highest BCUT2D eigenvalue weighted by Gasteiger charge is 2.20. The number of hydrogen-bond donors (Lipinski definition) is 1. The molecule has 0 fully saturated rings. The Bertz CT molecular complexity index is 1560. The molecule has 0 aliphatic rings. The molecule has 0 saturated carbocycles. The van der Waals surface area contributed by atoms with Gasteiger partial charge in [0.2, 0.25) is 5.91 Å². The number of nitrogens with one attached hydrogen (secondary N) is 1. The fourth-order valence-electron chi connectivity index (χ4n) is 3.50. The van der Waals surface area contributed by atoms with Crippen LogP contribution in [0.1, 0.15) is 0 Å². The summed E-state index contributed by atoms with van der Waals surface area (Å²) in [5, 5.41) is 4.93. The maximum Gasteiger partial charge on any atom is 0.336 e. The molecule has 2 aromatic carbocycles. The Balaban J connectivity index is 1.58. The second-order valence-electron chi connectivity index (χ2n) is 6.85. The average Bonchev–Trinajstić information content (AvgIpc) is 3.44. The summed E-state index contributed by atoms with van der Waals surface area (Å²) in [6.45, 7) is -0.266. The molecule has 1 amide bonds. The lowest BCUT2D eigenvalue weighted by atomic mass is 10.3. The predicted octanol–water partition coefficient (Wildman–Crippen LogP) is 3.47. The van der Waals surface area contributed by atoms with Gasteiger partial charge in [0, 0.05) is 0 Å². The van der Waals surface area contributed by atoms with Gasteiger partial charge in [0.05, 0.1) is 28.5 Å². The molecule has 0 saturated heterocycles. The Hall–Kier alpha value is -3.76. The largest absolute Gasteiger partial charge is 0.495 e. The summed E-state index contributed by atoms with van der Waals surface area (Å²) in [6, 6.07) is 16.0. The lowest BCUT2D eigenvalue weighted by Gasteiger charge is -2.14. The van der Waals surface area contributed by atoms with E-state index in [0.29, 0.717) is 26.8 Å². The first-order valence-corrected chi connectivity index (χ1v) is 11.3. The Morgan fingerprint density at radius 2 is 1.88 bits per heavy atom. The van der Waals surface area contributed by atoms with Gasteiger partial charge in [-0.25, -0.2) is 14.3 Å². The summed E-state index contributed by atoms with van der Waals surface area (Å²) in [6.07, 6.45) is 0. The molecule has 0 bridgehead atoms. The molecule has 3 heterocycles. The van der Waals surface area contributed by atoms with Gasteiger partial charge in [-0.15, -0.1) is 11.3 Å². The normalized spacial score (nSPS) is 11.2. The number of thiazole rings is 1. The minimum atomic E-state index is -0.621. The zero-order chi connectivity index (χ0) is 22.2. The van der Waals surface area contributed by atoms with E-state index in [-0.39, 0.29) is 6.54 Å². The SMILES string of the molecule is COc1ccccc1-n1c(=O)c2sccc2n(CC(=O)Nc2nc3ccccc3s2)c1=O. The number of hydrogen-bond acceptors (Lipinski definition) is 7. The summed E-state index contributed by atoms with van der Waals surface area (Å²) in [7, 11) is 1.47. The van der Waals surface area contributed by atoms with E-state index in [2.05, 4.69) is 10.3 Å². The number of para-hydroxylation sites is 3. The van der Waals surface area contributed by atoms with Crippen LogP contribution >= 0.6 is 22.7 Å². The summed E-state index contributed by atoms with van der Waals surface area (Å²) < 4.78 is 9.01. The van der Waals surface area contributed by atoms with E-state index in [1.165, 1.54) is 34.4 Å². The van der Waals surface area contributed by atoms with Gasteiger partial charge in [0.15, 0.2) is 5.13 Å². The zero-order valence-electron chi connectivity index (χ0n) is 16.8. The van der Waals surface area contributed by atoms with Crippen LogP contribution in [0.2, 0.25) is 0 Å². The van der Waals surface area contributed by atoms with Crippen molar-refractivity contribution in [3.63, 3.8) is 0 Å². The molecule has 5 aromatic rings. The third kappa shape index (κ3) is 3.39. The van der Waals surface area contributed by atoms with Gasteiger partial charge in [-0.2, -0.15) is 0 Å². The molecule has 0 radical (unpaired) electrons. The lowest BCUT2D eigenvalue weighted by molar-refractivity contribution is -0.116. The van der Waals surface area contributed by atoms with Crippen LogP contribution in [0.15, 0.2) is 69.6 Å². The molecule has 0 atom stereocenters. The van der Waals surface area contributed by atoms with Gasteiger partial charge >= 0.3 is 5.69 Å². The van der Waals surface area contributed by atoms with Gasteiger partial charge in [-0.3, -0.25) is 14.2 Å². The molecule has 0 spiro atoms. The van der Waals surface area contributed by atoms with E-state index in [1.807, 2.05) is 24.3 Å². The molecule has 32 heavy (non-hydrogen) atoms. The van der Waals surface area contributed by atoms with Crippen LogP contribution in [0.4, 0.5) is 5.13 Å². The van der Waals surface area contributed by atoms with Crippen molar-refractivity contribution in [3.8, 4) is 11.4 Å². The quantitative estimate of drug-likeness (QED) is 0.430. The minimum absolute atomic E-state index is 0.266. The standard InChI is InChI=1S/C22H16N4O4S2/c1-30-16-8-4-3-7-14(16)26-20(28)19-15(10-11-31-19)25(22(26)29)12-18(27)24-21-23-13-6-2-5-9-17(13)32-21/h2-11H,12H2,1H3,(H,23,24,27). The van der Waals surface area contributed by atoms with Crippen LogP contribution in [0.5, 0.6) is 5.75 Å². The Kier molecular flexibility index (Phi) is 5.08. The van der Waals surface area contributed by atoms with Gasteiger partial charge in [-0.1, -0.05) is 35.6 Å². The average molecular weight is 465 g/mol. The van der Waals surface area contributed by atoms with Gasteiger partial charge in [0.25, 0.3) is 5.56 Å². The third-order valence-electron chi connectivity index (χ3n) is 4.92. The highest BCUT2D eigenvalue weighted by molar-refractivity contribution is 7.22. The molecule has 0 aliphatic heterocycles. The highest BCUT2D eigenvalue weighted by atomic mass is 32.1. The summed E-state index contributed by atoms with van der Waals surface area (Å²) >= 11 is 2.57. The maximum absolute atomic E-state index is 13.4. The van der Waals surface area contributed by atoms with E-state index in [9.17, 15) is 14.4 Å².